The van der Waals surface area contributed by atoms with E-state index < -0.39 is 0 Å². The molecule has 0 saturated carbocycles. The van der Waals surface area contributed by atoms with Gasteiger partial charge < -0.3 is 9.88 Å². The predicted octanol–water partition coefficient (Wildman–Crippen LogP) is 3.73. The molecule has 2 heteroatoms. The number of hydrogen-bond acceptors (Lipinski definition) is 1. The summed E-state index contributed by atoms with van der Waals surface area (Å²) in [6.45, 7) is 7.69. The Hall–Kier alpha value is -1.28. The monoisotopic (exact) mass is 244 g/mol. The highest BCUT2D eigenvalue weighted by molar-refractivity contribution is 5.83. The molecule has 0 unspecified atom stereocenters. The molecule has 2 rings (SSSR count). The molecule has 2 nitrogen and oxygen atoms in total. The molecule has 1 heterocycles. The van der Waals surface area contributed by atoms with E-state index >= 15 is 0 Å². The van der Waals surface area contributed by atoms with Crippen LogP contribution in [0.2, 0.25) is 0 Å². The average molecular weight is 244 g/mol. The Labute approximate surface area is 110 Å². The lowest BCUT2D eigenvalue weighted by atomic mass is 10.2. The Bertz CT molecular complexity index is 485. The minimum atomic E-state index is 1.06. The largest absolute Gasteiger partial charge is 0.346 e. The minimum absolute atomic E-state index is 1.06. The second-order valence-electron chi connectivity index (χ2n) is 4.98. The molecule has 98 valence electrons. The van der Waals surface area contributed by atoms with Crippen molar-refractivity contribution in [2.45, 2.75) is 39.7 Å². The molecule has 0 amide bonds. The van der Waals surface area contributed by atoms with Crippen molar-refractivity contribution in [1.82, 2.24) is 9.88 Å². The van der Waals surface area contributed by atoms with Crippen LogP contribution in [0.4, 0.5) is 0 Å². The Morgan fingerprint density at radius 2 is 1.94 bits per heavy atom. The zero-order chi connectivity index (χ0) is 12.8. The molecule has 2 aromatic rings. The van der Waals surface area contributed by atoms with Gasteiger partial charge in [-0.05, 0) is 31.5 Å². The number of benzene rings is 1. The van der Waals surface area contributed by atoms with Gasteiger partial charge in [0.25, 0.3) is 0 Å². The van der Waals surface area contributed by atoms with E-state index in [0.29, 0.717) is 0 Å². The highest BCUT2D eigenvalue weighted by Crippen LogP contribution is 2.19. The van der Waals surface area contributed by atoms with Gasteiger partial charge in [-0.15, -0.1) is 0 Å². The van der Waals surface area contributed by atoms with E-state index in [1.807, 2.05) is 0 Å². The van der Waals surface area contributed by atoms with Crippen molar-refractivity contribution in [3.63, 3.8) is 0 Å². The fourth-order valence-corrected chi connectivity index (χ4v) is 2.44. The summed E-state index contributed by atoms with van der Waals surface area (Å²) in [6.07, 6.45) is 6.18. The van der Waals surface area contributed by atoms with E-state index in [2.05, 4.69) is 54.2 Å². The van der Waals surface area contributed by atoms with E-state index in [4.69, 9.17) is 0 Å². The van der Waals surface area contributed by atoms with Crippen LogP contribution >= 0.6 is 0 Å². The topological polar surface area (TPSA) is 17.0 Å². The summed E-state index contributed by atoms with van der Waals surface area (Å²) in [6, 6.07) is 8.64. The normalized spacial score (nSPS) is 11.2. The van der Waals surface area contributed by atoms with E-state index in [9.17, 15) is 0 Å². The molecular formula is C16H24N2. The number of unbranched alkanes of at least 4 members (excludes halogenated alkanes) is 2. The van der Waals surface area contributed by atoms with Gasteiger partial charge in [0.05, 0.1) is 0 Å². The smallest absolute Gasteiger partial charge is 0.0483 e. The summed E-state index contributed by atoms with van der Waals surface area (Å²) in [7, 11) is 0. The van der Waals surface area contributed by atoms with E-state index in [1.54, 1.807) is 0 Å². The Kier molecular flexibility index (Phi) is 4.82. The van der Waals surface area contributed by atoms with Crippen LogP contribution in [0.25, 0.3) is 10.9 Å². The number of aryl methyl sites for hydroxylation is 1. The van der Waals surface area contributed by atoms with Crippen LogP contribution < -0.4 is 5.32 Å². The van der Waals surface area contributed by atoms with Gasteiger partial charge in [-0.3, -0.25) is 0 Å². The maximum Gasteiger partial charge on any atom is 0.0483 e. The van der Waals surface area contributed by atoms with Crippen molar-refractivity contribution in [2.24, 2.45) is 0 Å². The van der Waals surface area contributed by atoms with Crippen molar-refractivity contribution in [3.05, 3.63) is 36.0 Å². The zero-order valence-electron chi connectivity index (χ0n) is 11.6. The first kappa shape index (κ1) is 13.2. The molecule has 0 radical (unpaired) electrons. The second kappa shape index (κ2) is 6.60. The highest BCUT2D eigenvalue weighted by atomic mass is 15.0. The predicted molar refractivity (Wildman–Crippen MR) is 79.1 cm³/mol. The van der Waals surface area contributed by atoms with Crippen LogP contribution in [0.1, 0.15) is 31.7 Å². The molecule has 1 N–H and O–H groups in total. The first-order valence-electron chi connectivity index (χ1n) is 7.08. The Morgan fingerprint density at radius 3 is 2.78 bits per heavy atom. The summed E-state index contributed by atoms with van der Waals surface area (Å²) in [4.78, 5) is 0. The molecule has 0 aliphatic heterocycles. The number of nitrogens with one attached hydrogen (secondary N) is 1. The molecule has 18 heavy (non-hydrogen) atoms. The quantitative estimate of drug-likeness (QED) is 0.734. The lowest BCUT2D eigenvalue weighted by Crippen LogP contribution is -2.20. The molecule has 0 aliphatic carbocycles. The summed E-state index contributed by atoms with van der Waals surface area (Å²) >= 11 is 0. The summed E-state index contributed by atoms with van der Waals surface area (Å²) in [5.41, 5.74) is 2.72. The van der Waals surface area contributed by atoms with Crippen LogP contribution in [0.3, 0.4) is 0 Å². The zero-order valence-corrected chi connectivity index (χ0v) is 11.6. The molecule has 0 saturated heterocycles. The first-order valence-corrected chi connectivity index (χ1v) is 7.08. The van der Waals surface area contributed by atoms with Crippen LogP contribution in [-0.2, 0) is 6.54 Å². The number of aromatic nitrogens is 1. The first-order chi connectivity index (χ1) is 8.83. The van der Waals surface area contributed by atoms with Gasteiger partial charge in [0, 0.05) is 30.2 Å². The van der Waals surface area contributed by atoms with Crippen molar-refractivity contribution >= 4 is 10.9 Å². The van der Waals surface area contributed by atoms with Crippen molar-refractivity contribution in [2.75, 3.05) is 13.1 Å². The van der Waals surface area contributed by atoms with Crippen LogP contribution in [0, 0.1) is 6.92 Å². The molecule has 0 aliphatic rings. The third kappa shape index (κ3) is 3.14. The number of para-hydroxylation sites is 1. The Morgan fingerprint density at radius 1 is 1.11 bits per heavy atom. The standard InChI is InChI=1S/C16H24N2/c1-3-4-7-10-17-11-12-18-13-14(2)15-8-5-6-9-16(15)18/h5-6,8-9,13,17H,3-4,7,10-12H2,1-2H3. The minimum Gasteiger partial charge on any atom is -0.346 e. The number of hydrogen-bond donors (Lipinski definition) is 1. The van der Waals surface area contributed by atoms with E-state index in [1.165, 1.54) is 35.7 Å². The van der Waals surface area contributed by atoms with Gasteiger partial charge >= 0.3 is 0 Å². The summed E-state index contributed by atoms with van der Waals surface area (Å²) in [5.74, 6) is 0. The van der Waals surface area contributed by atoms with Crippen LogP contribution in [-0.4, -0.2) is 17.7 Å². The van der Waals surface area contributed by atoms with E-state index in [0.717, 1.165) is 19.6 Å². The highest BCUT2D eigenvalue weighted by Gasteiger charge is 2.03. The Balaban J connectivity index is 1.88. The van der Waals surface area contributed by atoms with Crippen molar-refractivity contribution < 1.29 is 0 Å². The SMILES string of the molecule is CCCCCNCCn1cc(C)c2ccccc21. The summed E-state index contributed by atoms with van der Waals surface area (Å²) < 4.78 is 2.36. The maximum atomic E-state index is 3.52. The fourth-order valence-electron chi connectivity index (χ4n) is 2.44. The third-order valence-electron chi connectivity index (χ3n) is 3.47. The van der Waals surface area contributed by atoms with Gasteiger partial charge in [-0.2, -0.15) is 0 Å². The third-order valence-corrected chi connectivity index (χ3v) is 3.47. The molecule has 1 aromatic carbocycles. The maximum absolute atomic E-state index is 3.52. The van der Waals surface area contributed by atoms with E-state index in [-0.39, 0.29) is 0 Å². The molecule has 0 bridgehead atoms. The molecule has 0 spiro atoms. The van der Waals surface area contributed by atoms with Gasteiger partial charge in [0.1, 0.15) is 0 Å². The average Bonchev–Trinajstić information content (AvgIpc) is 2.71. The second-order valence-corrected chi connectivity index (χ2v) is 4.98. The van der Waals surface area contributed by atoms with Gasteiger partial charge in [0.15, 0.2) is 0 Å². The fraction of sp³-hybridized carbons (Fsp3) is 0.500. The van der Waals surface area contributed by atoms with Crippen molar-refractivity contribution in [3.8, 4) is 0 Å². The molecular weight excluding hydrogens is 220 g/mol. The van der Waals surface area contributed by atoms with Crippen LogP contribution in [0.5, 0.6) is 0 Å². The van der Waals surface area contributed by atoms with Gasteiger partial charge in [-0.25, -0.2) is 0 Å². The number of rotatable bonds is 7. The van der Waals surface area contributed by atoms with Crippen LogP contribution in [0.15, 0.2) is 30.5 Å². The van der Waals surface area contributed by atoms with Gasteiger partial charge in [-0.1, -0.05) is 38.0 Å². The molecule has 0 fully saturated rings. The van der Waals surface area contributed by atoms with Crippen molar-refractivity contribution in [1.29, 1.82) is 0 Å². The number of nitrogens with zero attached hydrogens (tertiary/aromatic N) is 1. The molecule has 0 atom stereocenters. The molecule has 1 aromatic heterocycles. The number of fused-ring (bicyclic) bond motifs is 1. The summed E-state index contributed by atoms with van der Waals surface area (Å²) in [5, 5.41) is 4.90. The lowest BCUT2D eigenvalue weighted by molar-refractivity contribution is 0.576. The lowest BCUT2D eigenvalue weighted by Gasteiger charge is -2.07. The van der Waals surface area contributed by atoms with Gasteiger partial charge in [0.2, 0.25) is 0 Å².